The fourth-order valence-corrected chi connectivity index (χ4v) is 4.28. The van der Waals surface area contributed by atoms with Crippen LogP contribution in [0.2, 0.25) is 0 Å². The van der Waals surface area contributed by atoms with Crippen molar-refractivity contribution in [1.29, 1.82) is 0 Å². The van der Waals surface area contributed by atoms with Crippen LogP contribution in [-0.4, -0.2) is 55.6 Å². The average molecular weight is 396 g/mol. The lowest BCUT2D eigenvalue weighted by Crippen LogP contribution is -2.59. The molecule has 2 aromatic rings. The molecule has 2 heterocycles. The first-order chi connectivity index (χ1) is 14.0. The Kier molecular flexibility index (Phi) is 5.10. The predicted molar refractivity (Wildman–Crippen MR) is 111 cm³/mol. The monoisotopic (exact) mass is 396 g/mol. The van der Waals surface area contributed by atoms with E-state index in [9.17, 15) is 14.9 Å². The second-order valence-corrected chi connectivity index (χ2v) is 7.62. The number of likely N-dealkylation sites (N-methyl/N-ethyl adjacent to an activating group) is 1. The number of nitro benzene ring substituents is 1. The van der Waals surface area contributed by atoms with E-state index in [4.69, 9.17) is 4.74 Å². The van der Waals surface area contributed by atoms with E-state index < -0.39 is 0 Å². The van der Waals surface area contributed by atoms with Crippen molar-refractivity contribution in [3.63, 3.8) is 0 Å². The molecule has 1 N–H and O–H groups in total. The van der Waals surface area contributed by atoms with Crippen LogP contribution in [0.1, 0.15) is 5.56 Å². The molecule has 8 heteroatoms. The Morgan fingerprint density at radius 2 is 1.97 bits per heavy atom. The largest absolute Gasteiger partial charge is 0.497 e. The number of fused-ring (bicyclic) bond motifs is 3. The second-order valence-electron chi connectivity index (χ2n) is 7.62. The number of hydrogen-bond acceptors (Lipinski definition) is 6. The molecule has 0 bridgehead atoms. The number of anilines is 2. The minimum atomic E-state index is -0.386. The van der Waals surface area contributed by atoms with Crippen LogP contribution in [0.3, 0.4) is 0 Å². The quantitative estimate of drug-likeness (QED) is 0.631. The molecule has 0 spiro atoms. The number of nitrogens with zero attached hydrogens (tertiary/aromatic N) is 3. The molecule has 8 nitrogen and oxygen atoms in total. The Bertz CT molecular complexity index is 931. The number of benzene rings is 2. The summed E-state index contributed by atoms with van der Waals surface area (Å²) in [5.41, 5.74) is 2.62. The van der Waals surface area contributed by atoms with Crippen LogP contribution in [0, 0.1) is 16.0 Å². The van der Waals surface area contributed by atoms with Crippen molar-refractivity contribution in [3.8, 4) is 5.75 Å². The lowest BCUT2D eigenvalue weighted by atomic mass is 9.83. The van der Waals surface area contributed by atoms with Gasteiger partial charge in [-0.15, -0.1) is 0 Å². The second kappa shape index (κ2) is 7.71. The summed E-state index contributed by atoms with van der Waals surface area (Å²) in [6.45, 7) is 2.45. The minimum absolute atomic E-state index is 0.0287. The van der Waals surface area contributed by atoms with E-state index in [2.05, 4.69) is 22.2 Å². The predicted octanol–water partition coefficient (Wildman–Crippen LogP) is 2.53. The fraction of sp³-hybridized carbons (Fsp3) is 0.381. The summed E-state index contributed by atoms with van der Waals surface area (Å²) >= 11 is 0. The van der Waals surface area contributed by atoms with E-state index in [1.165, 1.54) is 0 Å². The molecule has 0 aromatic heterocycles. The molecular weight excluding hydrogens is 372 g/mol. The zero-order valence-corrected chi connectivity index (χ0v) is 16.5. The third-order valence-electron chi connectivity index (χ3n) is 5.80. The minimum Gasteiger partial charge on any atom is -0.497 e. The van der Waals surface area contributed by atoms with Gasteiger partial charge < -0.3 is 19.9 Å². The van der Waals surface area contributed by atoms with Gasteiger partial charge in [-0.2, -0.15) is 0 Å². The molecule has 2 aliphatic rings. The number of amides is 1. The van der Waals surface area contributed by atoms with E-state index in [-0.39, 0.29) is 28.5 Å². The van der Waals surface area contributed by atoms with Crippen molar-refractivity contribution in [1.82, 2.24) is 4.90 Å². The van der Waals surface area contributed by atoms with E-state index >= 15 is 0 Å². The summed E-state index contributed by atoms with van der Waals surface area (Å²) in [5, 5.41) is 14.2. The summed E-state index contributed by atoms with van der Waals surface area (Å²) in [4.78, 5) is 28.5. The number of hydrogen-bond donors (Lipinski definition) is 1. The third-order valence-corrected chi connectivity index (χ3v) is 5.80. The Balaban J connectivity index is 1.63. The zero-order chi connectivity index (χ0) is 20.5. The average Bonchev–Trinajstić information content (AvgIpc) is 2.73. The molecule has 2 aromatic carbocycles. The Labute approximate surface area is 169 Å². The highest BCUT2D eigenvalue weighted by atomic mass is 16.6. The smallest absolute Gasteiger partial charge is 0.269 e. The van der Waals surface area contributed by atoms with Crippen molar-refractivity contribution in [2.75, 3.05) is 44.0 Å². The Morgan fingerprint density at radius 3 is 2.66 bits per heavy atom. The SMILES string of the molecule is COc1ccc(NC(=O)C2Cc3cc([N+](=O)[O-])ccc3N3CCN(C)CC23)cc1. The van der Waals surface area contributed by atoms with E-state index in [1.807, 2.05) is 18.2 Å². The maximum absolute atomic E-state index is 13.2. The van der Waals surface area contributed by atoms with Gasteiger partial charge in [0.05, 0.1) is 24.0 Å². The first-order valence-electron chi connectivity index (χ1n) is 9.63. The molecule has 152 valence electrons. The summed E-state index contributed by atoms with van der Waals surface area (Å²) < 4.78 is 5.16. The van der Waals surface area contributed by atoms with E-state index in [0.717, 1.165) is 36.6 Å². The van der Waals surface area contributed by atoms with Gasteiger partial charge in [-0.1, -0.05) is 0 Å². The molecule has 1 amide bonds. The molecule has 1 fully saturated rings. The van der Waals surface area contributed by atoms with Gasteiger partial charge in [0.25, 0.3) is 5.69 Å². The number of ether oxygens (including phenoxy) is 1. The van der Waals surface area contributed by atoms with Crippen LogP contribution in [0.15, 0.2) is 42.5 Å². The number of nitro groups is 1. The van der Waals surface area contributed by atoms with Crippen LogP contribution >= 0.6 is 0 Å². The number of carbonyl (C=O) groups excluding carboxylic acids is 1. The van der Waals surface area contributed by atoms with Crippen molar-refractivity contribution in [2.45, 2.75) is 12.5 Å². The topological polar surface area (TPSA) is 87.9 Å². The van der Waals surface area contributed by atoms with Crippen LogP contribution in [0.4, 0.5) is 17.1 Å². The lowest BCUT2D eigenvalue weighted by molar-refractivity contribution is -0.384. The van der Waals surface area contributed by atoms with Gasteiger partial charge in [-0.05, 0) is 49.4 Å². The molecule has 29 heavy (non-hydrogen) atoms. The van der Waals surface area contributed by atoms with Crippen LogP contribution in [0.5, 0.6) is 5.75 Å². The zero-order valence-electron chi connectivity index (χ0n) is 16.5. The number of carbonyl (C=O) groups is 1. The number of non-ortho nitro benzene ring substituents is 1. The van der Waals surface area contributed by atoms with Gasteiger partial charge in [0, 0.05) is 43.1 Å². The lowest BCUT2D eigenvalue weighted by Gasteiger charge is -2.48. The highest BCUT2D eigenvalue weighted by Gasteiger charge is 2.41. The van der Waals surface area contributed by atoms with Crippen molar-refractivity contribution < 1.29 is 14.5 Å². The van der Waals surface area contributed by atoms with Gasteiger partial charge in [-0.25, -0.2) is 0 Å². The molecule has 4 rings (SSSR count). The summed E-state index contributed by atoms with van der Waals surface area (Å²) in [5.74, 6) is 0.356. The maximum Gasteiger partial charge on any atom is 0.269 e. The van der Waals surface area contributed by atoms with Gasteiger partial charge >= 0.3 is 0 Å². The highest BCUT2D eigenvalue weighted by Crippen LogP contribution is 2.38. The van der Waals surface area contributed by atoms with Gasteiger partial charge in [-0.3, -0.25) is 14.9 Å². The van der Waals surface area contributed by atoms with Gasteiger partial charge in [0.1, 0.15) is 5.75 Å². The van der Waals surface area contributed by atoms with E-state index in [0.29, 0.717) is 12.1 Å². The van der Waals surface area contributed by atoms with E-state index in [1.54, 1.807) is 31.4 Å². The van der Waals surface area contributed by atoms with Crippen LogP contribution in [0.25, 0.3) is 0 Å². The van der Waals surface area contributed by atoms with Crippen molar-refractivity contribution in [3.05, 3.63) is 58.1 Å². The first-order valence-corrected chi connectivity index (χ1v) is 9.63. The number of nitrogens with one attached hydrogen (secondary N) is 1. The molecule has 0 saturated carbocycles. The molecule has 0 aliphatic carbocycles. The van der Waals surface area contributed by atoms with Crippen molar-refractivity contribution >= 4 is 23.0 Å². The molecule has 1 saturated heterocycles. The van der Waals surface area contributed by atoms with Crippen LogP contribution < -0.4 is 15.0 Å². The number of piperazine rings is 1. The summed E-state index contributed by atoms with van der Waals surface area (Å²) in [7, 11) is 3.65. The molecule has 0 radical (unpaired) electrons. The van der Waals surface area contributed by atoms with Gasteiger partial charge in [0.2, 0.25) is 5.91 Å². The molecule has 2 unspecified atom stereocenters. The highest BCUT2D eigenvalue weighted by molar-refractivity contribution is 5.94. The summed E-state index contributed by atoms with van der Waals surface area (Å²) in [6.07, 6.45) is 0.480. The van der Waals surface area contributed by atoms with Gasteiger partial charge in [0.15, 0.2) is 0 Å². The first kappa shape index (κ1) is 19.2. The fourth-order valence-electron chi connectivity index (χ4n) is 4.28. The van der Waals surface area contributed by atoms with Crippen molar-refractivity contribution in [2.24, 2.45) is 5.92 Å². The normalized spacial score (nSPS) is 21.1. The molecule has 2 atom stereocenters. The number of methoxy groups -OCH3 is 1. The number of rotatable bonds is 4. The third kappa shape index (κ3) is 3.75. The molecule has 2 aliphatic heterocycles. The summed E-state index contributed by atoms with van der Waals surface area (Å²) in [6, 6.07) is 12.2. The molecular formula is C21H24N4O4. The Morgan fingerprint density at radius 1 is 1.21 bits per heavy atom. The Hall–Kier alpha value is -3.13. The standard InChI is InChI=1S/C21H24N4O4/c1-23-9-10-24-19-8-5-16(25(27)28)11-14(19)12-18(20(24)13-23)21(26)22-15-3-6-17(29-2)7-4-15/h3-8,11,18,20H,9-10,12-13H2,1-2H3,(H,22,26). The maximum atomic E-state index is 13.2. The van der Waals surface area contributed by atoms with Crippen LogP contribution in [-0.2, 0) is 11.2 Å².